The summed E-state index contributed by atoms with van der Waals surface area (Å²) in [5, 5.41) is 19.1. The molecule has 0 aliphatic heterocycles. The van der Waals surface area contributed by atoms with Gasteiger partial charge in [-0.15, -0.1) is 0 Å². The lowest BCUT2D eigenvalue weighted by atomic mass is 9.95. The fourth-order valence-electron chi connectivity index (χ4n) is 3.16. The third-order valence-corrected chi connectivity index (χ3v) is 5.06. The maximum atomic E-state index is 11.9. The Morgan fingerprint density at radius 2 is 1.78 bits per heavy atom. The molecule has 2 aromatic rings. The van der Waals surface area contributed by atoms with Gasteiger partial charge in [-0.3, -0.25) is 4.79 Å². The van der Waals surface area contributed by atoms with E-state index in [2.05, 4.69) is 22.5 Å². The minimum Gasteiger partial charge on any atom is -0.507 e. The molecule has 0 fully saturated rings. The van der Waals surface area contributed by atoms with Gasteiger partial charge in [0.25, 0.3) is 0 Å². The number of rotatable bonds is 9. The lowest BCUT2D eigenvalue weighted by Crippen LogP contribution is -2.35. The summed E-state index contributed by atoms with van der Waals surface area (Å²) in [6.45, 7) is 13.2. The second kappa shape index (κ2) is 11.4. The van der Waals surface area contributed by atoms with E-state index in [0.29, 0.717) is 19.6 Å². The number of phenols is 1. The first-order chi connectivity index (χ1) is 15.1. The molecule has 2 rings (SSSR count). The third kappa shape index (κ3) is 7.45. The molecule has 0 radical (unpaired) electrons. The number of hydrogen-bond acceptors (Lipinski definition) is 3. The van der Waals surface area contributed by atoms with Crippen LogP contribution in [-0.2, 0) is 11.3 Å². The lowest BCUT2D eigenvalue weighted by Gasteiger charge is -2.17. The van der Waals surface area contributed by atoms with Gasteiger partial charge in [0.15, 0.2) is 0 Å². The van der Waals surface area contributed by atoms with Crippen molar-refractivity contribution in [2.24, 2.45) is 5.41 Å². The van der Waals surface area contributed by atoms with Gasteiger partial charge in [-0.1, -0.05) is 57.7 Å². The normalized spacial score (nSPS) is 11.0. The fraction of sp³-hybridized carbons (Fsp3) is 0.385. The molecule has 0 bridgehead atoms. The van der Waals surface area contributed by atoms with Gasteiger partial charge < -0.3 is 21.1 Å². The molecule has 32 heavy (non-hydrogen) atoms. The van der Waals surface area contributed by atoms with Crippen molar-refractivity contribution in [2.45, 2.75) is 47.1 Å². The summed E-state index contributed by atoms with van der Waals surface area (Å²) in [5.74, 6) is 0.215. The molecule has 3 amide bonds. The van der Waals surface area contributed by atoms with E-state index >= 15 is 0 Å². The fourth-order valence-corrected chi connectivity index (χ4v) is 3.16. The van der Waals surface area contributed by atoms with Crippen molar-refractivity contribution >= 4 is 17.5 Å². The van der Waals surface area contributed by atoms with Crippen LogP contribution in [0.4, 0.5) is 4.79 Å². The highest BCUT2D eigenvalue weighted by atomic mass is 16.3. The molecule has 6 heteroatoms. The molecular formula is C26H35N3O3. The van der Waals surface area contributed by atoms with Crippen molar-refractivity contribution in [2.75, 3.05) is 13.1 Å². The van der Waals surface area contributed by atoms with E-state index in [1.165, 1.54) is 0 Å². The van der Waals surface area contributed by atoms with Crippen LogP contribution in [0.1, 0.15) is 51.7 Å². The zero-order chi connectivity index (χ0) is 23.7. The molecule has 4 N–H and O–H groups in total. The first-order valence-electron chi connectivity index (χ1n) is 11.0. The number of carbonyl (C=O) groups excluding carboxylic acids is 2. The number of allylic oxidation sites excluding steroid dienone is 1. The van der Waals surface area contributed by atoms with Crippen LogP contribution in [0.5, 0.6) is 5.75 Å². The molecule has 0 saturated heterocycles. The molecule has 172 valence electrons. The summed E-state index contributed by atoms with van der Waals surface area (Å²) in [7, 11) is 0. The summed E-state index contributed by atoms with van der Waals surface area (Å²) in [6.07, 6.45) is 1.51. The molecule has 0 spiro atoms. The van der Waals surface area contributed by atoms with E-state index < -0.39 is 5.41 Å². The molecule has 0 aromatic heterocycles. The van der Waals surface area contributed by atoms with Gasteiger partial charge in [0.1, 0.15) is 5.75 Å². The Morgan fingerprint density at radius 3 is 2.44 bits per heavy atom. The van der Waals surface area contributed by atoms with Crippen LogP contribution in [0.3, 0.4) is 0 Å². The second-order valence-electron chi connectivity index (χ2n) is 8.86. The Bertz CT molecular complexity index is 961. The van der Waals surface area contributed by atoms with Crippen molar-refractivity contribution in [3.8, 4) is 16.9 Å². The SMILES string of the molecule is C=C(CCCNC(=O)C(C)(C)C)c1ccc(-c2cccc(CNC(=O)NCC)c2)c(O)c1. The minimum atomic E-state index is -0.395. The van der Waals surface area contributed by atoms with Crippen LogP contribution >= 0.6 is 0 Å². The Hall–Kier alpha value is -3.28. The summed E-state index contributed by atoms with van der Waals surface area (Å²) in [6, 6.07) is 13.1. The molecule has 0 heterocycles. The average Bonchev–Trinajstić information content (AvgIpc) is 2.74. The predicted molar refractivity (Wildman–Crippen MR) is 130 cm³/mol. The summed E-state index contributed by atoms with van der Waals surface area (Å²) in [4.78, 5) is 23.5. The van der Waals surface area contributed by atoms with E-state index in [0.717, 1.165) is 40.7 Å². The molecule has 0 saturated carbocycles. The Kier molecular flexibility index (Phi) is 8.88. The molecule has 0 unspecified atom stereocenters. The van der Waals surface area contributed by atoms with Gasteiger partial charge >= 0.3 is 6.03 Å². The van der Waals surface area contributed by atoms with Crippen LogP contribution < -0.4 is 16.0 Å². The number of amides is 3. The Balaban J connectivity index is 1.98. The Labute approximate surface area is 191 Å². The zero-order valence-electron chi connectivity index (χ0n) is 19.5. The highest BCUT2D eigenvalue weighted by Gasteiger charge is 2.20. The maximum Gasteiger partial charge on any atom is 0.315 e. The molecule has 6 nitrogen and oxygen atoms in total. The van der Waals surface area contributed by atoms with Gasteiger partial charge in [0.2, 0.25) is 5.91 Å². The van der Waals surface area contributed by atoms with Crippen LogP contribution in [0.25, 0.3) is 16.7 Å². The first-order valence-corrected chi connectivity index (χ1v) is 11.0. The standard InChI is InChI=1S/C26H35N3O3/c1-6-27-25(32)29-17-19-10-7-11-21(15-19)22-13-12-20(16-23(22)30)18(2)9-8-14-28-24(31)26(3,4)5/h7,10-13,15-16,30H,2,6,8-9,14,17H2,1,3-5H3,(H,28,31)(H2,27,29,32). The quantitative estimate of drug-likeness (QED) is 0.423. The summed E-state index contributed by atoms with van der Waals surface area (Å²) in [5.41, 5.74) is 3.94. The van der Waals surface area contributed by atoms with E-state index in [1.54, 1.807) is 6.07 Å². The van der Waals surface area contributed by atoms with Gasteiger partial charge in [-0.2, -0.15) is 0 Å². The average molecular weight is 438 g/mol. The smallest absolute Gasteiger partial charge is 0.315 e. The largest absolute Gasteiger partial charge is 0.507 e. The number of benzene rings is 2. The molecule has 0 aliphatic carbocycles. The topological polar surface area (TPSA) is 90.5 Å². The van der Waals surface area contributed by atoms with Crippen molar-refractivity contribution in [3.63, 3.8) is 0 Å². The number of carbonyl (C=O) groups is 2. The minimum absolute atomic E-state index is 0.0357. The number of hydrogen-bond donors (Lipinski definition) is 4. The molecule has 0 aliphatic rings. The lowest BCUT2D eigenvalue weighted by molar-refractivity contribution is -0.128. The van der Waals surface area contributed by atoms with Gasteiger partial charge in [0, 0.05) is 30.6 Å². The van der Waals surface area contributed by atoms with E-state index in [4.69, 9.17) is 0 Å². The monoisotopic (exact) mass is 437 g/mol. The summed E-state index contributed by atoms with van der Waals surface area (Å²) < 4.78 is 0. The van der Waals surface area contributed by atoms with Gasteiger partial charge in [-0.25, -0.2) is 4.79 Å². The molecular weight excluding hydrogens is 402 g/mol. The van der Waals surface area contributed by atoms with Crippen LogP contribution in [0, 0.1) is 5.41 Å². The van der Waals surface area contributed by atoms with Crippen molar-refractivity contribution < 1.29 is 14.7 Å². The van der Waals surface area contributed by atoms with Gasteiger partial charge in [-0.05, 0) is 54.2 Å². The van der Waals surface area contributed by atoms with Gasteiger partial charge in [0.05, 0.1) is 0 Å². The van der Waals surface area contributed by atoms with Crippen LogP contribution in [-0.4, -0.2) is 30.1 Å². The van der Waals surface area contributed by atoms with E-state index in [9.17, 15) is 14.7 Å². The summed E-state index contributed by atoms with van der Waals surface area (Å²) >= 11 is 0. The Morgan fingerprint density at radius 1 is 1.03 bits per heavy atom. The maximum absolute atomic E-state index is 11.9. The predicted octanol–water partition coefficient (Wildman–Crippen LogP) is 4.83. The first kappa shape index (κ1) is 25.0. The molecule has 2 aromatic carbocycles. The number of phenolic OH excluding ortho intramolecular Hbond substituents is 1. The van der Waals surface area contributed by atoms with Crippen molar-refractivity contribution in [1.29, 1.82) is 0 Å². The van der Waals surface area contributed by atoms with Crippen molar-refractivity contribution in [3.05, 3.63) is 60.2 Å². The number of urea groups is 1. The third-order valence-electron chi connectivity index (χ3n) is 5.06. The van der Waals surface area contributed by atoms with Crippen LogP contribution in [0.15, 0.2) is 49.0 Å². The highest BCUT2D eigenvalue weighted by molar-refractivity contribution is 5.81. The highest BCUT2D eigenvalue weighted by Crippen LogP contribution is 2.33. The van der Waals surface area contributed by atoms with Crippen molar-refractivity contribution in [1.82, 2.24) is 16.0 Å². The van der Waals surface area contributed by atoms with E-state index in [-0.39, 0.29) is 17.7 Å². The molecule has 0 atom stereocenters. The van der Waals surface area contributed by atoms with E-state index in [1.807, 2.05) is 64.1 Å². The van der Waals surface area contributed by atoms with Crippen LogP contribution in [0.2, 0.25) is 0 Å². The number of nitrogens with one attached hydrogen (secondary N) is 3. The second-order valence-corrected chi connectivity index (χ2v) is 8.86. The number of aromatic hydroxyl groups is 1. The zero-order valence-corrected chi connectivity index (χ0v) is 19.5.